The van der Waals surface area contributed by atoms with Crippen LogP contribution in [0.15, 0.2) is 4.79 Å². The van der Waals surface area contributed by atoms with E-state index in [0.717, 1.165) is 12.8 Å². The predicted octanol–water partition coefficient (Wildman–Crippen LogP) is 1.47. The highest BCUT2D eigenvalue weighted by Gasteiger charge is 2.19. The molecule has 0 atom stereocenters. The normalized spacial score (nSPS) is 10.8. The molecule has 0 unspecified atom stereocenters. The Hall–Kier alpha value is -2.31. The SMILES string of the molecule is CCCCNc1c(C(=O)O)c(C)nc2[nH]c(=O)[nH]c12. The van der Waals surface area contributed by atoms with Gasteiger partial charge in [0, 0.05) is 6.54 Å². The minimum Gasteiger partial charge on any atom is -0.478 e. The Balaban J connectivity index is 2.61. The summed E-state index contributed by atoms with van der Waals surface area (Å²) in [6, 6.07) is 0. The van der Waals surface area contributed by atoms with E-state index in [1.807, 2.05) is 6.92 Å². The smallest absolute Gasteiger partial charge is 0.339 e. The highest BCUT2D eigenvalue weighted by Crippen LogP contribution is 2.25. The zero-order valence-electron chi connectivity index (χ0n) is 10.8. The third-order valence-corrected chi connectivity index (χ3v) is 2.89. The van der Waals surface area contributed by atoms with E-state index in [0.29, 0.717) is 29.1 Å². The second-order valence-corrected chi connectivity index (χ2v) is 4.34. The fourth-order valence-corrected chi connectivity index (χ4v) is 2.00. The number of carboxylic acids is 1. The van der Waals surface area contributed by atoms with Gasteiger partial charge in [0.25, 0.3) is 0 Å². The lowest BCUT2D eigenvalue weighted by Gasteiger charge is -2.11. The molecule has 102 valence electrons. The van der Waals surface area contributed by atoms with Crippen molar-refractivity contribution in [1.82, 2.24) is 15.0 Å². The summed E-state index contributed by atoms with van der Waals surface area (Å²) in [5.74, 6) is -1.06. The maximum absolute atomic E-state index is 11.3. The van der Waals surface area contributed by atoms with Crippen LogP contribution in [0.3, 0.4) is 0 Å². The summed E-state index contributed by atoms with van der Waals surface area (Å²) in [4.78, 5) is 31.9. The van der Waals surface area contributed by atoms with Gasteiger partial charge in [0.15, 0.2) is 5.65 Å². The fourth-order valence-electron chi connectivity index (χ4n) is 2.00. The average molecular weight is 264 g/mol. The second kappa shape index (κ2) is 5.13. The first-order valence-corrected chi connectivity index (χ1v) is 6.14. The molecule has 0 aliphatic rings. The van der Waals surface area contributed by atoms with Crippen LogP contribution in [0.1, 0.15) is 35.8 Å². The van der Waals surface area contributed by atoms with Crippen LogP contribution < -0.4 is 11.0 Å². The van der Waals surface area contributed by atoms with Gasteiger partial charge in [0.05, 0.1) is 11.4 Å². The van der Waals surface area contributed by atoms with Crippen molar-refractivity contribution >= 4 is 22.8 Å². The van der Waals surface area contributed by atoms with Crippen molar-refractivity contribution < 1.29 is 9.90 Å². The summed E-state index contributed by atoms with van der Waals surface area (Å²) >= 11 is 0. The number of aryl methyl sites for hydroxylation is 1. The Morgan fingerprint density at radius 3 is 2.79 bits per heavy atom. The third kappa shape index (κ3) is 2.44. The summed E-state index contributed by atoms with van der Waals surface area (Å²) in [6.45, 7) is 4.30. The summed E-state index contributed by atoms with van der Waals surface area (Å²) < 4.78 is 0. The van der Waals surface area contributed by atoms with Crippen LogP contribution in [-0.4, -0.2) is 32.6 Å². The molecule has 0 aliphatic carbocycles. The van der Waals surface area contributed by atoms with E-state index in [1.54, 1.807) is 6.92 Å². The highest BCUT2D eigenvalue weighted by atomic mass is 16.4. The van der Waals surface area contributed by atoms with E-state index >= 15 is 0 Å². The van der Waals surface area contributed by atoms with Gasteiger partial charge in [-0.15, -0.1) is 0 Å². The predicted molar refractivity (Wildman–Crippen MR) is 71.8 cm³/mol. The number of nitrogens with zero attached hydrogens (tertiary/aromatic N) is 1. The van der Waals surface area contributed by atoms with Crippen molar-refractivity contribution in [2.45, 2.75) is 26.7 Å². The number of nitrogens with one attached hydrogen (secondary N) is 3. The Kier molecular flexibility index (Phi) is 3.55. The van der Waals surface area contributed by atoms with Crippen LogP contribution in [0.25, 0.3) is 11.2 Å². The third-order valence-electron chi connectivity index (χ3n) is 2.89. The Morgan fingerprint density at radius 2 is 2.16 bits per heavy atom. The summed E-state index contributed by atoms with van der Waals surface area (Å²) in [6.07, 6.45) is 1.91. The number of aromatic carboxylic acids is 1. The van der Waals surface area contributed by atoms with E-state index in [9.17, 15) is 14.7 Å². The molecule has 2 heterocycles. The number of carboxylic acid groups (broad SMARTS) is 1. The first-order valence-electron chi connectivity index (χ1n) is 6.14. The summed E-state index contributed by atoms with van der Waals surface area (Å²) in [7, 11) is 0. The number of aromatic nitrogens is 3. The number of aromatic amines is 2. The molecule has 4 N–H and O–H groups in total. The lowest BCUT2D eigenvalue weighted by atomic mass is 10.1. The molecule has 2 rings (SSSR count). The van der Waals surface area contributed by atoms with Gasteiger partial charge in [-0.2, -0.15) is 0 Å². The number of H-pyrrole nitrogens is 2. The standard InChI is InChI=1S/C12H16N4O3/c1-3-4-5-13-8-7(11(17)18)6(2)14-10-9(8)15-12(19)16-10/h3-5H2,1-2H3,(H,17,18)(H3,13,14,15,16,19). The number of imidazole rings is 1. The Bertz CT molecular complexity index is 671. The highest BCUT2D eigenvalue weighted by molar-refractivity contribution is 6.03. The van der Waals surface area contributed by atoms with E-state index < -0.39 is 11.7 Å². The van der Waals surface area contributed by atoms with Gasteiger partial charge in [0.2, 0.25) is 0 Å². The maximum atomic E-state index is 11.3. The van der Waals surface area contributed by atoms with Gasteiger partial charge in [-0.3, -0.25) is 4.98 Å². The average Bonchev–Trinajstić information content (AvgIpc) is 2.68. The topological polar surface area (TPSA) is 111 Å². The van der Waals surface area contributed by atoms with Gasteiger partial charge in [0.1, 0.15) is 11.1 Å². The molecule has 0 spiro atoms. The van der Waals surface area contributed by atoms with Crippen molar-refractivity contribution in [2.75, 3.05) is 11.9 Å². The number of unbranched alkanes of at least 4 members (excludes halogenated alkanes) is 1. The molecule has 0 fully saturated rings. The first kappa shape index (κ1) is 13.1. The van der Waals surface area contributed by atoms with Crippen molar-refractivity contribution in [1.29, 1.82) is 0 Å². The molecule has 7 nitrogen and oxygen atoms in total. The molecule has 0 saturated heterocycles. The van der Waals surface area contributed by atoms with Crippen LogP contribution in [0.5, 0.6) is 0 Å². The molecule has 0 aliphatic heterocycles. The monoisotopic (exact) mass is 264 g/mol. The molecule has 0 aromatic carbocycles. The molecule has 0 saturated carbocycles. The van der Waals surface area contributed by atoms with Gasteiger partial charge < -0.3 is 15.4 Å². The Labute approximate surface area is 109 Å². The van der Waals surface area contributed by atoms with Gasteiger partial charge in [-0.05, 0) is 13.3 Å². The largest absolute Gasteiger partial charge is 0.478 e. The number of pyridine rings is 1. The molecule has 2 aromatic rings. The van der Waals surface area contributed by atoms with Gasteiger partial charge in [-0.25, -0.2) is 14.6 Å². The number of anilines is 1. The minimum atomic E-state index is -1.06. The van der Waals surface area contributed by atoms with E-state index in [4.69, 9.17) is 0 Å². The maximum Gasteiger partial charge on any atom is 0.339 e. The summed E-state index contributed by atoms with van der Waals surface area (Å²) in [5.41, 5.74) is 1.26. The molecule has 0 bridgehead atoms. The quantitative estimate of drug-likeness (QED) is 0.611. The molecule has 19 heavy (non-hydrogen) atoms. The van der Waals surface area contributed by atoms with Crippen molar-refractivity contribution in [3.8, 4) is 0 Å². The van der Waals surface area contributed by atoms with Crippen molar-refractivity contribution in [3.05, 3.63) is 21.7 Å². The number of hydrogen-bond acceptors (Lipinski definition) is 4. The van der Waals surface area contributed by atoms with Gasteiger partial charge >= 0.3 is 11.7 Å². The van der Waals surface area contributed by atoms with E-state index in [1.165, 1.54) is 0 Å². The van der Waals surface area contributed by atoms with Crippen molar-refractivity contribution in [3.63, 3.8) is 0 Å². The van der Waals surface area contributed by atoms with Gasteiger partial charge in [-0.1, -0.05) is 13.3 Å². The zero-order chi connectivity index (χ0) is 14.0. The second-order valence-electron chi connectivity index (χ2n) is 4.34. The molecule has 2 aromatic heterocycles. The van der Waals surface area contributed by atoms with Crippen LogP contribution in [0.4, 0.5) is 5.69 Å². The number of carbonyl (C=O) groups is 1. The van der Waals surface area contributed by atoms with Crippen LogP contribution >= 0.6 is 0 Å². The number of fused-ring (bicyclic) bond motifs is 1. The number of rotatable bonds is 5. The van der Waals surface area contributed by atoms with Crippen LogP contribution in [0.2, 0.25) is 0 Å². The van der Waals surface area contributed by atoms with Crippen LogP contribution in [-0.2, 0) is 0 Å². The zero-order valence-corrected chi connectivity index (χ0v) is 10.8. The van der Waals surface area contributed by atoms with Crippen molar-refractivity contribution in [2.24, 2.45) is 0 Å². The fraction of sp³-hybridized carbons (Fsp3) is 0.417. The van der Waals surface area contributed by atoms with E-state index in [-0.39, 0.29) is 5.56 Å². The summed E-state index contributed by atoms with van der Waals surface area (Å²) in [5, 5.41) is 12.4. The van der Waals surface area contributed by atoms with E-state index in [2.05, 4.69) is 20.3 Å². The first-order chi connectivity index (χ1) is 9.04. The minimum absolute atomic E-state index is 0.0962. The number of hydrogen-bond donors (Lipinski definition) is 4. The molecule has 7 heteroatoms. The lowest BCUT2D eigenvalue weighted by Crippen LogP contribution is -2.11. The molecule has 0 radical (unpaired) electrons. The molecular weight excluding hydrogens is 248 g/mol. The Morgan fingerprint density at radius 1 is 1.42 bits per heavy atom. The molecular formula is C12H16N4O3. The lowest BCUT2D eigenvalue weighted by molar-refractivity contribution is 0.0697. The molecule has 0 amide bonds. The van der Waals surface area contributed by atoms with Crippen LogP contribution in [0, 0.1) is 6.92 Å².